The first-order valence-electron chi connectivity index (χ1n) is 7.95. The van der Waals surface area contributed by atoms with Gasteiger partial charge in [-0.2, -0.15) is 0 Å². The predicted octanol–water partition coefficient (Wildman–Crippen LogP) is 0.148. The summed E-state index contributed by atoms with van der Waals surface area (Å²) in [4.78, 5) is 36.3. The minimum Gasteiger partial charge on any atom is -0.353 e. The van der Waals surface area contributed by atoms with Crippen LogP contribution in [0.1, 0.15) is 30.6 Å². The zero-order valence-corrected chi connectivity index (χ0v) is 13.8. The summed E-state index contributed by atoms with van der Waals surface area (Å²) in [7, 11) is 1.98. The molecule has 124 valence electrons. The zero-order chi connectivity index (χ0) is 16.6. The number of hydrogen-bond donors (Lipinski definition) is 1. The summed E-state index contributed by atoms with van der Waals surface area (Å²) in [5.74, 6) is 0.0505. The summed E-state index contributed by atoms with van der Waals surface area (Å²) in [5.41, 5.74) is 0.557. The van der Waals surface area contributed by atoms with E-state index in [1.165, 1.54) is 6.33 Å². The van der Waals surface area contributed by atoms with Crippen molar-refractivity contribution in [3.8, 4) is 0 Å². The van der Waals surface area contributed by atoms with Crippen molar-refractivity contribution in [1.29, 1.82) is 0 Å². The maximum absolute atomic E-state index is 12.4. The number of carbonyl (C=O) groups excluding carboxylic acids is 2. The Morgan fingerprint density at radius 3 is 2.52 bits per heavy atom. The number of likely N-dealkylation sites (N-methyl/N-ethyl adjacent to an activating group) is 1. The molecule has 7 nitrogen and oxygen atoms in total. The van der Waals surface area contributed by atoms with Gasteiger partial charge in [0, 0.05) is 43.5 Å². The van der Waals surface area contributed by atoms with E-state index in [0.29, 0.717) is 18.7 Å². The van der Waals surface area contributed by atoms with Crippen LogP contribution in [0.5, 0.6) is 0 Å². The minimum absolute atomic E-state index is 0.0334. The monoisotopic (exact) mass is 317 g/mol. The molecule has 0 bridgehead atoms. The van der Waals surface area contributed by atoms with Crippen molar-refractivity contribution in [2.75, 3.05) is 26.7 Å². The Labute approximate surface area is 136 Å². The van der Waals surface area contributed by atoms with Gasteiger partial charge in [0.1, 0.15) is 6.33 Å². The van der Waals surface area contributed by atoms with Crippen LogP contribution in [-0.4, -0.2) is 70.3 Å². The SMILES string of the molecule is CC(C)NC(=O)C1CC2(CN(C(=O)c3cncnc3)C2)CN1C. The van der Waals surface area contributed by atoms with Gasteiger partial charge in [-0.25, -0.2) is 9.97 Å². The maximum atomic E-state index is 12.4. The van der Waals surface area contributed by atoms with Gasteiger partial charge < -0.3 is 10.2 Å². The van der Waals surface area contributed by atoms with E-state index in [9.17, 15) is 9.59 Å². The molecule has 3 heterocycles. The fourth-order valence-corrected chi connectivity index (χ4v) is 3.67. The van der Waals surface area contributed by atoms with Crippen LogP contribution in [0, 0.1) is 5.41 Å². The van der Waals surface area contributed by atoms with E-state index in [4.69, 9.17) is 0 Å². The van der Waals surface area contributed by atoms with Gasteiger partial charge in [0.05, 0.1) is 11.6 Å². The highest BCUT2D eigenvalue weighted by Crippen LogP contribution is 2.42. The van der Waals surface area contributed by atoms with Crippen LogP contribution in [0.3, 0.4) is 0 Å². The number of nitrogens with one attached hydrogen (secondary N) is 1. The summed E-state index contributed by atoms with van der Waals surface area (Å²) >= 11 is 0. The molecular weight excluding hydrogens is 294 g/mol. The van der Waals surface area contributed by atoms with Crippen molar-refractivity contribution >= 4 is 11.8 Å². The van der Waals surface area contributed by atoms with Crippen molar-refractivity contribution in [3.63, 3.8) is 0 Å². The molecule has 1 spiro atoms. The fraction of sp³-hybridized carbons (Fsp3) is 0.625. The molecule has 1 atom stereocenters. The number of rotatable bonds is 3. The molecule has 2 saturated heterocycles. The lowest BCUT2D eigenvalue weighted by Gasteiger charge is -2.48. The molecule has 1 aromatic heterocycles. The Morgan fingerprint density at radius 2 is 1.91 bits per heavy atom. The average Bonchev–Trinajstić information content (AvgIpc) is 2.83. The molecular formula is C16H23N5O2. The van der Waals surface area contributed by atoms with Crippen LogP contribution >= 0.6 is 0 Å². The van der Waals surface area contributed by atoms with Gasteiger partial charge in [-0.15, -0.1) is 0 Å². The molecule has 7 heteroatoms. The van der Waals surface area contributed by atoms with Gasteiger partial charge in [-0.1, -0.05) is 0 Å². The Hall–Kier alpha value is -2.02. The van der Waals surface area contributed by atoms with Crippen LogP contribution < -0.4 is 5.32 Å². The first-order chi connectivity index (χ1) is 10.9. The maximum Gasteiger partial charge on any atom is 0.257 e. The first kappa shape index (κ1) is 15.9. The second kappa shape index (κ2) is 5.88. The number of aromatic nitrogens is 2. The van der Waals surface area contributed by atoms with Crippen molar-refractivity contribution in [1.82, 2.24) is 25.1 Å². The Kier molecular flexibility index (Phi) is 4.06. The predicted molar refractivity (Wildman–Crippen MR) is 84.7 cm³/mol. The first-order valence-corrected chi connectivity index (χ1v) is 7.95. The van der Waals surface area contributed by atoms with Crippen LogP contribution in [-0.2, 0) is 4.79 Å². The normalized spacial score (nSPS) is 23.1. The van der Waals surface area contributed by atoms with Gasteiger partial charge in [-0.3, -0.25) is 14.5 Å². The molecule has 1 N–H and O–H groups in total. The molecule has 2 amide bonds. The molecule has 2 fully saturated rings. The molecule has 0 saturated carbocycles. The molecule has 0 aliphatic carbocycles. The Bertz CT molecular complexity index is 598. The highest BCUT2D eigenvalue weighted by atomic mass is 16.2. The second-order valence-corrected chi connectivity index (χ2v) is 7.09. The number of carbonyl (C=O) groups is 2. The molecule has 0 radical (unpaired) electrons. The zero-order valence-electron chi connectivity index (χ0n) is 13.8. The minimum atomic E-state index is -0.102. The van der Waals surface area contributed by atoms with Gasteiger partial charge in [0.2, 0.25) is 5.91 Å². The highest BCUT2D eigenvalue weighted by Gasteiger charge is 2.53. The molecule has 0 aromatic carbocycles. The number of nitrogens with zero attached hydrogens (tertiary/aromatic N) is 4. The van der Waals surface area contributed by atoms with E-state index in [1.807, 2.05) is 25.8 Å². The van der Waals surface area contributed by atoms with Crippen LogP contribution in [0.15, 0.2) is 18.7 Å². The van der Waals surface area contributed by atoms with Gasteiger partial charge in [0.15, 0.2) is 0 Å². The lowest BCUT2D eigenvalue weighted by atomic mass is 9.77. The van der Waals surface area contributed by atoms with Crippen LogP contribution in [0.2, 0.25) is 0 Å². The molecule has 2 aliphatic rings. The van der Waals surface area contributed by atoms with Crippen LogP contribution in [0.25, 0.3) is 0 Å². The molecule has 2 aliphatic heterocycles. The lowest BCUT2D eigenvalue weighted by Crippen LogP contribution is -2.59. The van der Waals surface area contributed by atoms with E-state index in [1.54, 1.807) is 12.4 Å². The summed E-state index contributed by atoms with van der Waals surface area (Å²) < 4.78 is 0. The largest absolute Gasteiger partial charge is 0.353 e. The Balaban J connectivity index is 1.60. The summed E-state index contributed by atoms with van der Waals surface area (Å²) in [6, 6.07) is 0.0414. The Morgan fingerprint density at radius 1 is 1.26 bits per heavy atom. The topological polar surface area (TPSA) is 78.4 Å². The molecule has 3 rings (SSSR count). The van der Waals surface area contributed by atoms with E-state index in [0.717, 1.165) is 13.0 Å². The quantitative estimate of drug-likeness (QED) is 0.858. The molecule has 1 aromatic rings. The van der Waals surface area contributed by atoms with Gasteiger partial charge in [-0.05, 0) is 27.3 Å². The lowest BCUT2D eigenvalue weighted by molar-refractivity contribution is -0.125. The van der Waals surface area contributed by atoms with Crippen molar-refractivity contribution in [3.05, 3.63) is 24.3 Å². The van der Waals surface area contributed by atoms with Gasteiger partial charge >= 0.3 is 0 Å². The third kappa shape index (κ3) is 3.06. The van der Waals surface area contributed by atoms with Crippen molar-refractivity contribution in [2.24, 2.45) is 5.41 Å². The average molecular weight is 317 g/mol. The standard InChI is InChI=1S/C16H23N5O2/c1-11(2)19-14(22)13-4-16(7-20(13)3)8-21(9-16)15(23)12-5-17-10-18-6-12/h5-6,10-11,13H,4,7-9H2,1-3H3,(H,19,22). The number of hydrogen-bond acceptors (Lipinski definition) is 5. The van der Waals surface area contributed by atoms with E-state index >= 15 is 0 Å². The third-order valence-electron chi connectivity index (χ3n) is 4.62. The van der Waals surface area contributed by atoms with E-state index in [2.05, 4.69) is 20.2 Å². The summed E-state index contributed by atoms with van der Waals surface area (Å²) in [6.45, 7) is 6.16. The highest BCUT2D eigenvalue weighted by molar-refractivity contribution is 5.94. The fourth-order valence-electron chi connectivity index (χ4n) is 3.67. The van der Waals surface area contributed by atoms with Crippen LogP contribution in [0.4, 0.5) is 0 Å². The molecule has 23 heavy (non-hydrogen) atoms. The second-order valence-electron chi connectivity index (χ2n) is 7.09. The van der Waals surface area contributed by atoms with E-state index < -0.39 is 0 Å². The summed E-state index contributed by atoms with van der Waals surface area (Å²) in [5, 5.41) is 2.98. The van der Waals surface area contributed by atoms with Crippen molar-refractivity contribution < 1.29 is 9.59 Å². The van der Waals surface area contributed by atoms with Gasteiger partial charge in [0.25, 0.3) is 5.91 Å². The summed E-state index contributed by atoms with van der Waals surface area (Å²) in [6.07, 6.45) is 5.30. The smallest absolute Gasteiger partial charge is 0.257 e. The molecule has 1 unspecified atom stereocenters. The number of amides is 2. The third-order valence-corrected chi connectivity index (χ3v) is 4.62. The number of likely N-dealkylation sites (tertiary alicyclic amines) is 2. The van der Waals surface area contributed by atoms with Crippen molar-refractivity contribution in [2.45, 2.75) is 32.4 Å². The van der Waals surface area contributed by atoms with E-state index in [-0.39, 0.29) is 29.3 Å².